The summed E-state index contributed by atoms with van der Waals surface area (Å²) in [5.41, 5.74) is 1.45. The molecule has 1 atom stereocenters. The highest BCUT2D eigenvalue weighted by Gasteiger charge is 2.26. The minimum Gasteiger partial charge on any atom is -0.325 e. The smallest absolute Gasteiger partial charge is 0.243 e. The van der Waals surface area contributed by atoms with Crippen LogP contribution in [-0.2, 0) is 14.8 Å². The maximum Gasteiger partial charge on any atom is 0.243 e. The molecule has 3 rings (SSSR count). The summed E-state index contributed by atoms with van der Waals surface area (Å²) >= 11 is 0. The van der Waals surface area contributed by atoms with Crippen molar-refractivity contribution >= 4 is 21.6 Å². The lowest BCUT2D eigenvalue weighted by molar-refractivity contribution is -0.117. The van der Waals surface area contributed by atoms with E-state index in [0.29, 0.717) is 31.2 Å². The molecule has 1 N–H and O–H groups in total. The molecule has 0 spiro atoms. The van der Waals surface area contributed by atoms with Crippen LogP contribution >= 0.6 is 0 Å². The highest BCUT2D eigenvalue weighted by molar-refractivity contribution is 7.89. The average molecular weight is 394 g/mol. The Balaban J connectivity index is 1.70. The fraction of sp³-hybridized carbons (Fsp3) is 0.650. The fourth-order valence-corrected chi connectivity index (χ4v) is 5.52. The van der Waals surface area contributed by atoms with Crippen LogP contribution in [0.4, 0.5) is 5.69 Å². The van der Waals surface area contributed by atoms with Crippen LogP contribution in [0.3, 0.4) is 0 Å². The van der Waals surface area contributed by atoms with Gasteiger partial charge in [0, 0.05) is 25.3 Å². The predicted molar refractivity (Wildman–Crippen MR) is 107 cm³/mol. The number of nitrogens with one attached hydrogen (secondary N) is 1. The summed E-state index contributed by atoms with van der Waals surface area (Å²) in [7, 11) is -3.50. The van der Waals surface area contributed by atoms with E-state index in [2.05, 4.69) is 17.1 Å². The Labute approximate surface area is 163 Å². The molecule has 2 fully saturated rings. The SMILES string of the molecule is Cc1ccc(S(=O)(=O)N2CCCCC2)cc1NC(=O)CN1CCC[C@@H](C)C1. The molecule has 6 nitrogen and oxygen atoms in total. The summed E-state index contributed by atoms with van der Waals surface area (Å²) in [6, 6.07) is 5.02. The molecular formula is C20H31N3O3S. The summed E-state index contributed by atoms with van der Waals surface area (Å²) in [5, 5.41) is 2.92. The third-order valence-electron chi connectivity index (χ3n) is 5.54. The molecule has 27 heavy (non-hydrogen) atoms. The number of rotatable bonds is 5. The van der Waals surface area contributed by atoms with E-state index in [9.17, 15) is 13.2 Å². The van der Waals surface area contributed by atoms with Crippen LogP contribution in [0.1, 0.15) is 44.6 Å². The van der Waals surface area contributed by atoms with E-state index < -0.39 is 10.0 Å². The summed E-state index contributed by atoms with van der Waals surface area (Å²) in [6.45, 7) is 7.48. The van der Waals surface area contributed by atoms with Crippen molar-refractivity contribution in [2.24, 2.45) is 5.92 Å². The number of carbonyl (C=O) groups excluding carboxylic acids is 1. The second-order valence-electron chi connectivity index (χ2n) is 7.97. The molecule has 0 radical (unpaired) electrons. The number of amides is 1. The Kier molecular flexibility index (Phi) is 6.55. The zero-order valence-corrected chi connectivity index (χ0v) is 17.2. The van der Waals surface area contributed by atoms with Gasteiger partial charge in [-0.15, -0.1) is 0 Å². The summed E-state index contributed by atoms with van der Waals surface area (Å²) in [4.78, 5) is 14.9. The van der Waals surface area contributed by atoms with E-state index in [4.69, 9.17) is 0 Å². The molecule has 1 aromatic rings. The van der Waals surface area contributed by atoms with Crippen LogP contribution in [0.2, 0.25) is 0 Å². The van der Waals surface area contributed by atoms with Crippen molar-refractivity contribution in [3.8, 4) is 0 Å². The van der Waals surface area contributed by atoms with E-state index in [1.54, 1.807) is 22.5 Å². The Morgan fingerprint density at radius 3 is 2.59 bits per heavy atom. The number of sulfonamides is 1. The number of hydrogen-bond donors (Lipinski definition) is 1. The number of likely N-dealkylation sites (tertiary alicyclic amines) is 1. The monoisotopic (exact) mass is 393 g/mol. The lowest BCUT2D eigenvalue weighted by Gasteiger charge is -2.30. The Hall–Kier alpha value is -1.44. The van der Waals surface area contributed by atoms with Crippen molar-refractivity contribution in [3.63, 3.8) is 0 Å². The van der Waals surface area contributed by atoms with Gasteiger partial charge in [0.05, 0.1) is 11.4 Å². The highest BCUT2D eigenvalue weighted by Crippen LogP contribution is 2.25. The lowest BCUT2D eigenvalue weighted by atomic mass is 10.0. The van der Waals surface area contributed by atoms with Gasteiger partial charge in [-0.1, -0.05) is 19.4 Å². The maximum atomic E-state index is 12.9. The third kappa shape index (κ3) is 5.09. The van der Waals surface area contributed by atoms with Crippen molar-refractivity contribution in [2.45, 2.75) is 50.8 Å². The van der Waals surface area contributed by atoms with Crippen molar-refractivity contribution < 1.29 is 13.2 Å². The number of piperidine rings is 2. The van der Waals surface area contributed by atoms with E-state index in [-0.39, 0.29) is 10.8 Å². The topological polar surface area (TPSA) is 69.7 Å². The van der Waals surface area contributed by atoms with Gasteiger partial charge in [0.25, 0.3) is 0 Å². The molecule has 2 aliphatic rings. The highest BCUT2D eigenvalue weighted by atomic mass is 32.2. The van der Waals surface area contributed by atoms with Gasteiger partial charge in [-0.3, -0.25) is 9.69 Å². The molecule has 150 valence electrons. The Morgan fingerprint density at radius 1 is 1.15 bits per heavy atom. The summed E-state index contributed by atoms with van der Waals surface area (Å²) in [6.07, 6.45) is 5.23. The molecule has 0 unspecified atom stereocenters. The summed E-state index contributed by atoms with van der Waals surface area (Å²) in [5.74, 6) is 0.533. The zero-order valence-electron chi connectivity index (χ0n) is 16.4. The first-order chi connectivity index (χ1) is 12.9. The molecule has 2 saturated heterocycles. The van der Waals surface area contributed by atoms with Crippen molar-refractivity contribution in [2.75, 3.05) is 38.0 Å². The van der Waals surface area contributed by atoms with Gasteiger partial charge in [0.1, 0.15) is 0 Å². The minimum atomic E-state index is -3.50. The molecule has 2 heterocycles. The molecule has 1 aromatic carbocycles. The number of anilines is 1. The van der Waals surface area contributed by atoms with Crippen LogP contribution in [0.25, 0.3) is 0 Å². The van der Waals surface area contributed by atoms with Gasteiger partial charge in [-0.25, -0.2) is 8.42 Å². The van der Waals surface area contributed by atoms with E-state index in [0.717, 1.165) is 44.3 Å². The molecular weight excluding hydrogens is 362 g/mol. The Bertz CT molecular complexity index is 773. The normalized spacial score (nSPS) is 22.5. The lowest BCUT2D eigenvalue weighted by Crippen LogP contribution is -2.39. The van der Waals surface area contributed by atoms with Crippen LogP contribution in [0.15, 0.2) is 23.1 Å². The quantitative estimate of drug-likeness (QED) is 0.835. The predicted octanol–water partition coefficient (Wildman–Crippen LogP) is 2.84. The molecule has 1 amide bonds. The number of aryl methyl sites for hydroxylation is 1. The molecule has 0 aliphatic carbocycles. The van der Waals surface area contributed by atoms with Gasteiger partial charge < -0.3 is 5.32 Å². The van der Waals surface area contributed by atoms with E-state index in [1.165, 1.54) is 6.42 Å². The van der Waals surface area contributed by atoms with Gasteiger partial charge in [0.2, 0.25) is 15.9 Å². The third-order valence-corrected chi connectivity index (χ3v) is 7.44. The van der Waals surface area contributed by atoms with Gasteiger partial charge >= 0.3 is 0 Å². The number of carbonyl (C=O) groups is 1. The van der Waals surface area contributed by atoms with E-state index >= 15 is 0 Å². The standard InChI is InChI=1S/C20H31N3O3S/c1-16-7-6-10-22(14-16)15-20(24)21-19-13-18(9-8-17(19)2)27(25,26)23-11-4-3-5-12-23/h8-9,13,16H,3-7,10-12,14-15H2,1-2H3,(H,21,24)/t16-/m1/s1. The van der Waals surface area contributed by atoms with E-state index in [1.807, 2.05) is 6.92 Å². The van der Waals surface area contributed by atoms with Crippen molar-refractivity contribution in [1.29, 1.82) is 0 Å². The van der Waals surface area contributed by atoms with Gasteiger partial charge in [0.15, 0.2) is 0 Å². The van der Waals surface area contributed by atoms with Crippen molar-refractivity contribution in [3.05, 3.63) is 23.8 Å². The molecule has 0 saturated carbocycles. The average Bonchev–Trinajstić information content (AvgIpc) is 2.64. The molecule has 0 aromatic heterocycles. The number of hydrogen-bond acceptors (Lipinski definition) is 4. The Morgan fingerprint density at radius 2 is 1.89 bits per heavy atom. The van der Waals surface area contributed by atoms with Crippen LogP contribution in [-0.4, -0.2) is 56.3 Å². The van der Waals surface area contributed by atoms with Crippen molar-refractivity contribution in [1.82, 2.24) is 9.21 Å². The minimum absolute atomic E-state index is 0.0836. The number of benzene rings is 1. The van der Waals surface area contributed by atoms with Crippen LogP contribution in [0, 0.1) is 12.8 Å². The first-order valence-corrected chi connectivity index (χ1v) is 11.4. The molecule has 7 heteroatoms. The molecule has 2 aliphatic heterocycles. The number of nitrogens with zero attached hydrogens (tertiary/aromatic N) is 2. The second-order valence-corrected chi connectivity index (χ2v) is 9.91. The summed E-state index contributed by atoms with van der Waals surface area (Å²) < 4.78 is 27.3. The largest absolute Gasteiger partial charge is 0.325 e. The van der Waals surface area contributed by atoms with Gasteiger partial charge in [-0.2, -0.15) is 4.31 Å². The first kappa shape index (κ1) is 20.3. The fourth-order valence-electron chi connectivity index (χ4n) is 3.97. The van der Waals surface area contributed by atoms with Crippen LogP contribution < -0.4 is 5.32 Å². The van der Waals surface area contributed by atoms with Crippen LogP contribution in [0.5, 0.6) is 0 Å². The first-order valence-electron chi connectivity index (χ1n) is 9.99. The second kappa shape index (κ2) is 8.71. The molecule has 0 bridgehead atoms. The maximum absolute atomic E-state index is 12.9. The van der Waals surface area contributed by atoms with Gasteiger partial charge in [-0.05, 0) is 62.8 Å². The zero-order chi connectivity index (χ0) is 19.4.